The lowest BCUT2D eigenvalue weighted by Crippen LogP contribution is -1.85. The molecule has 0 radical (unpaired) electrons. The number of aromatic nitrogens is 1. The number of fused-ring (bicyclic) bond motifs is 1. The minimum atomic E-state index is 0.121. The zero-order valence-corrected chi connectivity index (χ0v) is 10.7. The summed E-state index contributed by atoms with van der Waals surface area (Å²) in [4.78, 5) is 10.7. The first-order valence-electron chi connectivity index (χ1n) is 5.44. The van der Waals surface area contributed by atoms with Gasteiger partial charge in [-0.2, -0.15) is 0 Å². The monoisotopic (exact) mass is 260 g/mol. The lowest BCUT2D eigenvalue weighted by molar-refractivity contribution is -0.109. The van der Waals surface area contributed by atoms with Crippen LogP contribution in [0.3, 0.4) is 0 Å². The number of carbonyl (C=O) groups is 1. The van der Waals surface area contributed by atoms with Gasteiger partial charge in [0, 0.05) is 24.7 Å². The van der Waals surface area contributed by atoms with Gasteiger partial charge in [0.1, 0.15) is 0 Å². The molecule has 1 aromatic heterocycles. The highest BCUT2D eigenvalue weighted by Crippen LogP contribution is 2.20. The van der Waals surface area contributed by atoms with E-state index in [0.29, 0.717) is 17.8 Å². The van der Waals surface area contributed by atoms with E-state index in [0.717, 1.165) is 16.7 Å². The van der Waals surface area contributed by atoms with E-state index in [-0.39, 0.29) is 5.12 Å². The Morgan fingerprint density at radius 3 is 3.17 bits per heavy atom. The Bertz CT molecular complexity index is 637. The number of hydrogen-bond acceptors (Lipinski definition) is 5. The molecule has 0 bridgehead atoms. The number of nitrogen functional groups attached to an aromatic ring is 1. The SMILES string of the molecule is CC(=O)SCCC#Cc1ccc2onc(N)c2c1. The maximum atomic E-state index is 10.7. The second-order valence-electron chi connectivity index (χ2n) is 3.67. The lowest BCUT2D eigenvalue weighted by Gasteiger charge is -1.91. The normalized spacial score (nSPS) is 10.1. The summed E-state index contributed by atoms with van der Waals surface area (Å²) in [5.41, 5.74) is 7.18. The number of nitrogens with two attached hydrogens (primary N) is 1. The Kier molecular flexibility index (Phi) is 3.90. The summed E-state index contributed by atoms with van der Waals surface area (Å²) < 4.78 is 5.01. The third-order valence-electron chi connectivity index (χ3n) is 2.26. The fraction of sp³-hybridized carbons (Fsp3) is 0.231. The summed E-state index contributed by atoms with van der Waals surface area (Å²) in [5, 5.41) is 4.58. The van der Waals surface area contributed by atoms with Crippen molar-refractivity contribution in [2.45, 2.75) is 13.3 Å². The van der Waals surface area contributed by atoms with Crippen molar-refractivity contribution in [2.24, 2.45) is 0 Å². The molecule has 2 aromatic rings. The van der Waals surface area contributed by atoms with Crippen LogP contribution in [-0.4, -0.2) is 16.0 Å². The van der Waals surface area contributed by atoms with Crippen LogP contribution in [-0.2, 0) is 4.79 Å². The van der Waals surface area contributed by atoms with Gasteiger partial charge in [-0.05, 0) is 18.2 Å². The largest absolute Gasteiger partial charge is 0.380 e. The fourth-order valence-electron chi connectivity index (χ4n) is 1.45. The molecule has 0 atom stereocenters. The third kappa shape index (κ3) is 3.05. The summed E-state index contributed by atoms with van der Waals surface area (Å²) in [6.45, 7) is 1.56. The number of hydrogen-bond donors (Lipinski definition) is 1. The van der Waals surface area contributed by atoms with E-state index < -0.39 is 0 Å². The first-order chi connectivity index (χ1) is 8.66. The number of carbonyl (C=O) groups excluding carboxylic acids is 1. The maximum Gasteiger partial charge on any atom is 0.185 e. The van der Waals surface area contributed by atoms with Crippen LogP contribution in [0.2, 0.25) is 0 Å². The second-order valence-corrected chi connectivity index (χ2v) is 4.94. The van der Waals surface area contributed by atoms with Crippen LogP contribution in [0.5, 0.6) is 0 Å². The first-order valence-corrected chi connectivity index (χ1v) is 6.42. The van der Waals surface area contributed by atoms with Crippen molar-refractivity contribution in [2.75, 3.05) is 11.5 Å². The predicted octanol–water partition coefficient (Wildman–Crippen LogP) is 2.43. The minimum Gasteiger partial charge on any atom is -0.380 e. The van der Waals surface area contributed by atoms with Gasteiger partial charge in [-0.25, -0.2) is 0 Å². The molecular weight excluding hydrogens is 248 g/mol. The van der Waals surface area contributed by atoms with Crippen LogP contribution in [0.1, 0.15) is 18.9 Å². The lowest BCUT2D eigenvalue weighted by atomic mass is 10.1. The standard InChI is InChI=1S/C13H12N2O2S/c1-9(16)18-7-3-2-4-10-5-6-12-11(8-10)13(14)15-17-12/h5-6,8H,3,7H2,1H3,(H2,14,15). The molecule has 92 valence electrons. The zero-order chi connectivity index (χ0) is 13.0. The van der Waals surface area contributed by atoms with Crippen molar-refractivity contribution >= 4 is 33.7 Å². The molecule has 0 saturated carbocycles. The van der Waals surface area contributed by atoms with E-state index >= 15 is 0 Å². The molecule has 0 unspecified atom stereocenters. The van der Waals surface area contributed by atoms with Gasteiger partial charge in [-0.1, -0.05) is 28.8 Å². The van der Waals surface area contributed by atoms with Gasteiger partial charge >= 0.3 is 0 Å². The van der Waals surface area contributed by atoms with E-state index in [2.05, 4.69) is 17.0 Å². The molecule has 5 heteroatoms. The summed E-state index contributed by atoms with van der Waals surface area (Å²) in [6.07, 6.45) is 0.682. The topological polar surface area (TPSA) is 69.1 Å². The Balaban J connectivity index is 2.05. The average Bonchev–Trinajstić information content (AvgIpc) is 2.70. The van der Waals surface area contributed by atoms with Gasteiger partial charge in [0.05, 0.1) is 5.39 Å². The van der Waals surface area contributed by atoms with E-state index in [1.165, 1.54) is 11.8 Å². The molecule has 18 heavy (non-hydrogen) atoms. The first kappa shape index (κ1) is 12.5. The van der Waals surface area contributed by atoms with Gasteiger partial charge in [0.2, 0.25) is 0 Å². The van der Waals surface area contributed by atoms with Crippen LogP contribution in [0.25, 0.3) is 11.0 Å². The zero-order valence-electron chi connectivity index (χ0n) is 9.90. The van der Waals surface area contributed by atoms with Crippen molar-refractivity contribution in [3.05, 3.63) is 23.8 Å². The van der Waals surface area contributed by atoms with Crippen molar-refractivity contribution in [3.63, 3.8) is 0 Å². The molecule has 1 aromatic carbocycles. The van der Waals surface area contributed by atoms with Crippen LogP contribution >= 0.6 is 11.8 Å². The number of rotatable bonds is 2. The van der Waals surface area contributed by atoms with Gasteiger partial charge in [-0.15, -0.1) is 0 Å². The third-order valence-corrected chi connectivity index (χ3v) is 3.08. The molecule has 4 nitrogen and oxygen atoms in total. The molecule has 0 aliphatic heterocycles. The number of benzene rings is 1. The van der Waals surface area contributed by atoms with Crippen LogP contribution in [0.4, 0.5) is 5.82 Å². The van der Waals surface area contributed by atoms with E-state index in [4.69, 9.17) is 10.3 Å². The molecule has 1 heterocycles. The van der Waals surface area contributed by atoms with Gasteiger partial charge in [-0.3, -0.25) is 4.79 Å². The van der Waals surface area contributed by atoms with Crippen LogP contribution in [0.15, 0.2) is 22.7 Å². The number of thioether (sulfide) groups is 1. The van der Waals surface area contributed by atoms with Gasteiger partial charge in [0.25, 0.3) is 0 Å². The highest BCUT2D eigenvalue weighted by molar-refractivity contribution is 8.13. The summed E-state index contributed by atoms with van der Waals surface area (Å²) in [6, 6.07) is 5.51. The smallest absolute Gasteiger partial charge is 0.185 e. The summed E-state index contributed by atoms with van der Waals surface area (Å²) in [5.74, 6) is 7.14. The fourth-order valence-corrected chi connectivity index (χ4v) is 1.94. The molecular formula is C13H12N2O2S. The number of nitrogens with zero attached hydrogens (tertiary/aromatic N) is 1. The second kappa shape index (κ2) is 5.61. The minimum absolute atomic E-state index is 0.121. The average molecular weight is 260 g/mol. The van der Waals surface area contributed by atoms with Crippen molar-refractivity contribution < 1.29 is 9.32 Å². The Hall–Kier alpha value is -1.93. The Morgan fingerprint density at radius 2 is 2.39 bits per heavy atom. The van der Waals surface area contributed by atoms with E-state index in [9.17, 15) is 4.79 Å². The maximum absolute atomic E-state index is 10.7. The van der Waals surface area contributed by atoms with Crippen molar-refractivity contribution in [1.29, 1.82) is 0 Å². The number of anilines is 1. The summed E-state index contributed by atoms with van der Waals surface area (Å²) >= 11 is 1.29. The molecule has 0 aliphatic rings. The molecule has 2 rings (SSSR count). The molecule has 0 amide bonds. The molecule has 0 saturated heterocycles. The van der Waals surface area contributed by atoms with Crippen LogP contribution in [0, 0.1) is 11.8 Å². The molecule has 0 fully saturated rings. The van der Waals surface area contributed by atoms with Crippen LogP contribution < -0.4 is 5.73 Å². The van der Waals surface area contributed by atoms with Gasteiger partial charge in [0.15, 0.2) is 16.5 Å². The predicted molar refractivity (Wildman–Crippen MR) is 73.1 cm³/mol. The Morgan fingerprint density at radius 1 is 1.56 bits per heavy atom. The van der Waals surface area contributed by atoms with E-state index in [1.54, 1.807) is 13.0 Å². The highest BCUT2D eigenvalue weighted by Gasteiger charge is 2.04. The molecule has 0 spiro atoms. The van der Waals surface area contributed by atoms with Crippen molar-refractivity contribution in [3.8, 4) is 11.8 Å². The Labute approximate surface area is 109 Å². The van der Waals surface area contributed by atoms with E-state index in [1.807, 2.05) is 12.1 Å². The van der Waals surface area contributed by atoms with Crippen molar-refractivity contribution in [1.82, 2.24) is 5.16 Å². The van der Waals surface area contributed by atoms with Gasteiger partial charge < -0.3 is 10.3 Å². The molecule has 0 aliphatic carbocycles. The summed E-state index contributed by atoms with van der Waals surface area (Å²) in [7, 11) is 0. The highest BCUT2D eigenvalue weighted by atomic mass is 32.2. The quantitative estimate of drug-likeness (QED) is 0.663. The molecule has 2 N–H and O–H groups in total.